The number of carbonyl (C=O) groups excluding carboxylic acids is 1. The largest absolute Gasteiger partial charge is 0.377 e. The number of nitrogens with zero attached hydrogens (tertiary/aromatic N) is 1. The van der Waals surface area contributed by atoms with Crippen LogP contribution in [0.1, 0.15) is 20.8 Å². The van der Waals surface area contributed by atoms with Gasteiger partial charge >= 0.3 is 0 Å². The Morgan fingerprint density at radius 2 is 1.88 bits per heavy atom. The number of carbonyl (C=O) groups is 1. The molecule has 1 aromatic rings. The van der Waals surface area contributed by atoms with E-state index in [-0.39, 0.29) is 6.54 Å². The summed E-state index contributed by atoms with van der Waals surface area (Å²) in [6.45, 7) is 6.29. The fourth-order valence-electron chi connectivity index (χ4n) is 1.67. The van der Waals surface area contributed by atoms with Crippen molar-refractivity contribution in [3.05, 3.63) is 29.6 Å². The summed E-state index contributed by atoms with van der Waals surface area (Å²) in [5, 5.41) is 8.11. The highest BCUT2D eigenvalue weighted by Gasteiger charge is 2.17. The van der Waals surface area contributed by atoms with E-state index in [0.717, 1.165) is 12.1 Å². The maximum absolute atomic E-state index is 13.5. The van der Waals surface area contributed by atoms with E-state index < -0.39 is 34.6 Å². The summed E-state index contributed by atoms with van der Waals surface area (Å²) in [4.78, 5) is 15.9. The van der Waals surface area contributed by atoms with Gasteiger partial charge in [0.15, 0.2) is 23.4 Å². The average molecular weight is 360 g/mol. The normalized spacial score (nSPS) is 12.0. The van der Waals surface area contributed by atoms with Crippen LogP contribution in [0.25, 0.3) is 0 Å². The summed E-state index contributed by atoms with van der Waals surface area (Å²) in [6.07, 6.45) is 0. The predicted octanol–water partition coefficient (Wildman–Crippen LogP) is 2.02. The van der Waals surface area contributed by atoms with Crippen molar-refractivity contribution < 1.29 is 22.7 Å². The SMILES string of the molecule is CCNC(=NCC(=O)Nc1ccc(F)c(F)c1F)NCC(C)(C)OC. The molecule has 0 saturated heterocycles. The van der Waals surface area contributed by atoms with Crippen LogP contribution < -0.4 is 16.0 Å². The molecule has 1 aromatic carbocycles. The molecule has 1 rings (SSSR count). The van der Waals surface area contributed by atoms with Gasteiger partial charge in [0.25, 0.3) is 0 Å². The van der Waals surface area contributed by atoms with Crippen molar-refractivity contribution in [2.45, 2.75) is 26.4 Å². The number of hydrogen-bond acceptors (Lipinski definition) is 3. The molecule has 9 heteroatoms. The van der Waals surface area contributed by atoms with Gasteiger partial charge in [-0.25, -0.2) is 18.2 Å². The number of aliphatic imine (C=N–C) groups is 1. The first-order valence-corrected chi connectivity index (χ1v) is 7.71. The standard InChI is InChI=1S/C16H23F3N4O2/c1-5-20-15(22-9-16(2,3)25-4)21-8-12(24)23-11-7-6-10(17)13(18)14(11)19/h6-7H,5,8-9H2,1-4H3,(H,23,24)(H2,20,21,22). The maximum atomic E-state index is 13.5. The van der Waals surface area contributed by atoms with E-state index in [1.54, 1.807) is 7.11 Å². The molecule has 0 aromatic heterocycles. The first kappa shape index (κ1) is 20.8. The highest BCUT2D eigenvalue weighted by Crippen LogP contribution is 2.19. The lowest BCUT2D eigenvalue weighted by Crippen LogP contribution is -2.45. The van der Waals surface area contributed by atoms with Gasteiger partial charge in [-0.05, 0) is 32.9 Å². The molecular formula is C16H23F3N4O2. The molecule has 3 N–H and O–H groups in total. The molecule has 0 bridgehead atoms. The van der Waals surface area contributed by atoms with Gasteiger partial charge in [-0.1, -0.05) is 0 Å². The summed E-state index contributed by atoms with van der Waals surface area (Å²) >= 11 is 0. The number of amides is 1. The second-order valence-corrected chi connectivity index (χ2v) is 5.78. The van der Waals surface area contributed by atoms with Gasteiger partial charge in [0, 0.05) is 20.2 Å². The summed E-state index contributed by atoms with van der Waals surface area (Å²) in [6, 6.07) is 1.68. The lowest BCUT2D eigenvalue weighted by Gasteiger charge is -2.24. The van der Waals surface area contributed by atoms with Gasteiger partial charge < -0.3 is 20.7 Å². The molecule has 140 valence electrons. The highest BCUT2D eigenvalue weighted by molar-refractivity contribution is 5.94. The van der Waals surface area contributed by atoms with E-state index in [9.17, 15) is 18.0 Å². The predicted molar refractivity (Wildman–Crippen MR) is 90.0 cm³/mol. The van der Waals surface area contributed by atoms with Crippen molar-refractivity contribution in [2.75, 3.05) is 32.1 Å². The molecule has 0 aliphatic carbocycles. The van der Waals surface area contributed by atoms with Crippen LogP contribution in [0.15, 0.2) is 17.1 Å². The Bertz CT molecular complexity index is 636. The van der Waals surface area contributed by atoms with Crippen LogP contribution in [0, 0.1) is 17.5 Å². The van der Waals surface area contributed by atoms with E-state index in [1.165, 1.54) is 0 Å². The Balaban J connectivity index is 2.70. The summed E-state index contributed by atoms with van der Waals surface area (Å²) in [5.74, 6) is -4.73. The van der Waals surface area contributed by atoms with Crippen LogP contribution in [-0.4, -0.2) is 44.2 Å². The fraction of sp³-hybridized carbons (Fsp3) is 0.500. The fourth-order valence-corrected chi connectivity index (χ4v) is 1.67. The maximum Gasteiger partial charge on any atom is 0.246 e. The topological polar surface area (TPSA) is 74.8 Å². The minimum atomic E-state index is -1.64. The van der Waals surface area contributed by atoms with Crippen LogP contribution in [0.4, 0.5) is 18.9 Å². The third kappa shape index (κ3) is 6.61. The van der Waals surface area contributed by atoms with Crippen LogP contribution in [0.3, 0.4) is 0 Å². The Labute approximate surface area is 144 Å². The van der Waals surface area contributed by atoms with E-state index in [1.807, 2.05) is 20.8 Å². The molecule has 0 aliphatic rings. The Hall–Kier alpha value is -2.29. The van der Waals surface area contributed by atoms with Gasteiger partial charge in [-0.15, -0.1) is 0 Å². The van der Waals surface area contributed by atoms with E-state index >= 15 is 0 Å². The molecule has 0 aliphatic heterocycles. The minimum Gasteiger partial charge on any atom is -0.377 e. The summed E-state index contributed by atoms with van der Waals surface area (Å²) < 4.78 is 44.8. The highest BCUT2D eigenvalue weighted by atomic mass is 19.2. The van der Waals surface area contributed by atoms with Crippen molar-refractivity contribution in [2.24, 2.45) is 4.99 Å². The Kier molecular flexibility index (Phi) is 7.69. The van der Waals surface area contributed by atoms with E-state index in [2.05, 4.69) is 20.9 Å². The monoisotopic (exact) mass is 360 g/mol. The van der Waals surface area contributed by atoms with Gasteiger partial charge in [-0.3, -0.25) is 4.79 Å². The van der Waals surface area contributed by atoms with Gasteiger partial charge in [0.1, 0.15) is 6.54 Å². The summed E-state index contributed by atoms with van der Waals surface area (Å²) in [5.41, 5.74) is -0.884. The van der Waals surface area contributed by atoms with Gasteiger partial charge in [0.2, 0.25) is 5.91 Å². The minimum absolute atomic E-state index is 0.332. The number of ether oxygens (including phenoxy) is 1. The number of methoxy groups -OCH3 is 1. The molecule has 0 unspecified atom stereocenters. The molecule has 0 atom stereocenters. The molecule has 0 heterocycles. The van der Waals surface area contributed by atoms with Crippen molar-refractivity contribution >= 4 is 17.6 Å². The van der Waals surface area contributed by atoms with Crippen molar-refractivity contribution in [3.63, 3.8) is 0 Å². The third-order valence-electron chi connectivity index (χ3n) is 3.27. The molecule has 0 spiro atoms. The molecule has 0 fully saturated rings. The van der Waals surface area contributed by atoms with Crippen LogP contribution in [0.2, 0.25) is 0 Å². The lowest BCUT2D eigenvalue weighted by molar-refractivity contribution is -0.114. The zero-order chi connectivity index (χ0) is 19.0. The summed E-state index contributed by atoms with van der Waals surface area (Å²) in [7, 11) is 1.58. The van der Waals surface area contributed by atoms with Crippen LogP contribution in [0.5, 0.6) is 0 Å². The second kappa shape index (κ2) is 9.26. The average Bonchev–Trinajstić information content (AvgIpc) is 2.58. The van der Waals surface area contributed by atoms with E-state index in [0.29, 0.717) is 19.0 Å². The number of benzene rings is 1. The molecule has 1 amide bonds. The number of rotatable bonds is 7. The smallest absolute Gasteiger partial charge is 0.246 e. The molecule has 0 saturated carbocycles. The molecule has 25 heavy (non-hydrogen) atoms. The van der Waals surface area contributed by atoms with E-state index in [4.69, 9.17) is 4.74 Å². The Morgan fingerprint density at radius 1 is 1.20 bits per heavy atom. The number of anilines is 1. The number of hydrogen-bond donors (Lipinski definition) is 3. The zero-order valence-electron chi connectivity index (χ0n) is 14.7. The third-order valence-corrected chi connectivity index (χ3v) is 3.27. The number of halogens is 3. The van der Waals surface area contributed by atoms with Crippen molar-refractivity contribution in [1.82, 2.24) is 10.6 Å². The first-order chi connectivity index (χ1) is 11.7. The lowest BCUT2D eigenvalue weighted by atomic mass is 10.1. The van der Waals surface area contributed by atoms with Crippen molar-refractivity contribution in [3.8, 4) is 0 Å². The van der Waals surface area contributed by atoms with Crippen LogP contribution in [-0.2, 0) is 9.53 Å². The second-order valence-electron chi connectivity index (χ2n) is 5.78. The van der Waals surface area contributed by atoms with Gasteiger partial charge in [-0.2, -0.15) is 0 Å². The quantitative estimate of drug-likeness (QED) is 0.395. The Morgan fingerprint density at radius 3 is 2.48 bits per heavy atom. The van der Waals surface area contributed by atoms with Crippen molar-refractivity contribution in [1.29, 1.82) is 0 Å². The zero-order valence-corrected chi connectivity index (χ0v) is 14.7. The molecule has 0 radical (unpaired) electrons. The number of guanidine groups is 1. The molecular weight excluding hydrogens is 337 g/mol. The number of nitrogens with one attached hydrogen (secondary N) is 3. The van der Waals surface area contributed by atoms with Crippen LogP contribution >= 0.6 is 0 Å². The van der Waals surface area contributed by atoms with Gasteiger partial charge in [0.05, 0.1) is 11.3 Å². The molecule has 6 nitrogen and oxygen atoms in total. The first-order valence-electron chi connectivity index (χ1n) is 7.71.